The second kappa shape index (κ2) is 16.3. The number of pyridine rings is 3. The number of aryl methyl sites for hydroxylation is 1. The second-order valence-electron chi connectivity index (χ2n) is 13.5. The third-order valence-electron chi connectivity index (χ3n) is 8.75. The quantitative estimate of drug-likeness (QED) is 0.118. The molecule has 1 unspecified atom stereocenters. The molecule has 0 aliphatic heterocycles. The molecule has 0 saturated heterocycles. The van der Waals surface area contributed by atoms with E-state index in [2.05, 4.69) is 46.9 Å². The Bertz CT molecular complexity index is 2720. The van der Waals surface area contributed by atoms with E-state index < -0.39 is 27.2 Å². The van der Waals surface area contributed by atoms with Crippen LogP contribution < -0.4 is 5.19 Å². The zero-order chi connectivity index (χ0) is 41.5. The van der Waals surface area contributed by atoms with Gasteiger partial charge in [-0.15, -0.1) is 47.0 Å². The van der Waals surface area contributed by atoms with Gasteiger partial charge in [0.2, 0.25) is 0 Å². The van der Waals surface area contributed by atoms with E-state index in [9.17, 15) is 5.76 Å². The normalized spacial score (nSPS) is 14.6. The van der Waals surface area contributed by atoms with Crippen molar-refractivity contribution < 1.29 is 37.1 Å². The van der Waals surface area contributed by atoms with Gasteiger partial charge in [0.05, 0.1) is 8.07 Å². The maximum absolute atomic E-state index is 13.7. The van der Waals surface area contributed by atoms with E-state index in [4.69, 9.17) is 11.3 Å². The molecule has 4 aromatic carbocycles. The molecule has 8 aromatic rings. The molecule has 8 rings (SSSR count). The summed E-state index contributed by atoms with van der Waals surface area (Å²) in [4.78, 5) is 13.2. The van der Waals surface area contributed by atoms with Crippen LogP contribution >= 0.6 is 0 Å². The number of nitrogens with zero attached hydrogens (tertiary/aromatic N) is 3. The molecule has 0 spiro atoms. The van der Waals surface area contributed by atoms with E-state index in [0.29, 0.717) is 50.1 Å². The third-order valence-corrected chi connectivity index (χ3v) is 10.8. The largest absolute Gasteiger partial charge is 0.483 e. The Kier molecular flexibility index (Phi) is 9.35. The van der Waals surface area contributed by atoms with Crippen LogP contribution in [0.3, 0.4) is 0 Å². The average molecular weight is 896 g/mol. The molecule has 53 heavy (non-hydrogen) atoms. The van der Waals surface area contributed by atoms with Crippen molar-refractivity contribution in [3.63, 3.8) is 0 Å². The first-order valence-corrected chi connectivity index (χ1v) is 20.4. The summed E-state index contributed by atoms with van der Waals surface area (Å²) in [6.07, 6.45) is 4.69. The smallest absolute Gasteiger partial charge is 0.141 e. The minimum Gasteiger partial charge on any atom is -0.483 e. The summed E-state index contributed by atoms with van der Waals surface area (Å²) in [5, 5.41) is 2.44. The van der Waals surface area contributed by atoms with Crippen LogP contribution in [0.1, 0.15) is 48.9 Å². The van der Waals surface area contributed by atoms with Crippen molar-refractivity contribution in [1.29, 1.82) is 0 Å². The summed E-state index contributed by atoms with van der Waals surface area (Å²) >= 11 is 0. The molecule has 1 radical (unpaired) electrons. The molecule has 0 aliphatic carbocycles. The Hall–Kier alpha value is -5.07. The average Bonchev–Trinajstić information content (AvgIpc) is 3.58. The molecule has 0 aliphatic rings. The second-order valence-corrected chi connectivity index (χ2v) is 18.5. The van der Waals surface area contributed by atoms with Crippen molar-refractivity contribution in [1.82, 2.24) is 15.0 Å². The summed E-state index contributed by atoms with van der Waals surface area (Å²) in [5.41, 5.74) is 6.62. The van der Waals surface area contributed by atoms with Gasteiger partial charge >= 0.3 is 0 Å². The maximum atomic E-state index is 13.7. The van der Waals surface area contributed by atoms with Crippen LogP contribution in [-0.4, -0.2) is 23.0 Å². The molecular formula is C46H40FIrN3OSi-2. The number of hydrogen-bond acceptors (Lipinski definition) is 4. The van der Waals surface area contributed by atoms with Gasteiger partial charge in [-0.3, -0.25) is 0 Å². The first-order valence-electron chi connectivity index (χ1n) is 19.9. The zero-order valence-electron chi connectivity index (χ0n) is 35.7. The number of hydrogen-bond donors (Lipinski definition) is 0. The Morgan fingerprint density at radius 2 is 1.58 bits per heavy atom. The molecule has 1 atom stereocenters. The topological polar surface area (TPSA) is 51.8 Å². The summed E-state index contributed by atoms with van der Waals surface area (Å²) in [6.45, 7) is 6.54. The number of fused-ring (bicyclic) bond motifs is 3. The molecule has 0 amide bonds. The molecule has 4 heterocycles. The van der Waals surface area contributed by atoms with Crippen LogP contribution in [0.25, 0.3) is 44.6 Å². The van der Waals surface area contributed by atoms with Gasteiger partial charge in [0.1, 0.15) is 17.1 Å². The summed E-state index contributed by atoms with van der Waals surface area (Å²) in [5.74, 6) is -1.28. The monoisotopic (exact) mass is 896 g/mol. The molecule has 0 saturated carbocycles. The number of halogens is 1. The van der Waals surface area contributed by atoms with E-state index in [-0.39, 0.29) is 31.5 Å². The van der Waals surface area contributed by atoms with Crippen LogP contribution in [0, 0.1) is 24.9 Å². The number of rotatable bonds is 7. The zero-order valence-corrected chi connectivity index (χ0v) is 33.1. The van der Waals surface area contributed by atoms with Crippen LogP contribution in [0.15, 0.2) is 138 Å². The van der Waals surface area contributed by atoms with Gasteiger partial charge in [-0.25, -0.2) is 4.39 Å². The van der Waals surface area contributed by atoms with Gasteiger partial charge in [-0.05, 0) is 81.0 Å². The van der Waals surface area contributed by atoms with Gasteiger partial charge in [0.25, 0.3) is 0 Å². The Morgan fingerprint density at radius 1 is 0.830 bits per heavy atom. The molecule has 0 fully saturated rings. The van der Waals surface area contributed by atoms with Crippen molar-refractivity contribution in [3.8, 4) is 22.5 Å². The van der Waals surface area contributed by atoms with Crippen LogP contribution in [0.2, 0.25) is 19.6 Å². The van der Waals surface area contributed by atoms with Crippen LogP contribution in [-0.2, 0) is 26.5 Å². The van der Waals surface area contributed by atoms with Crippen molar-refractivity contribution >= 4 is 35.3 Å². The van der Waals surface area contributed by atoms with Gasteiger partial charge < -0.3 is 19.4 Å². The molecule has 7 heteroatoms. The van der Waals surface area contributed by atoms with Gasteiger partial charge in [0, 0.05) is 52.0 Å². The number of benzene rings is 4. The van der Waals surface area contributed by atoms with Gasteiger partial charge in [-0.1, -0.05) is 106 Å². The SMILES string of the molecule is [2H]C([2H])([2H])c1c[c-]c(-c2cc(C([2H])(C)c3ccccc3)c([Si](C)(C)C)cn2)cc1.[2H]C([2H])(c1ccccc1)c1ccnc(-c2[c-]nc3oc4ccc(F)cc4c3c2)c1.[Ir]. The molecule has 4 nitrogen and oxygen atoms in total. The molecular weight excluding hydrogens is 850 g/mol. The fraction of sp³-hybridized carbons (Fsp3) is 0.152. The van der Waals surface area contributed by atoms with Crippen molar-refractivity contribution in [2.45, 2.75) is 45.7 Å². The van der Waals surface area contributed by atoms with Crippen molar-refractivity contribution in [3.05, 3.63) is 180 Å². The third kappa shape index (κ3) is 8.77. The minimum absolute atomic E-state index is 0. The fourth-order valence-corrected chi connectivity index (χ4v) is 7.52. The number of furan rings is 1. The molecule has 0 N–H and O–H groups in total. The van der Waals surface area contributed by atoms with Gasteiger partial charge in [0.15, 0.2) is 0 Å². The van der Waals surface area contributed by atoms with E-state index in [0.717, 1.165) is 21.9 Å². The minimum atomic E-state index is -2.15. The Balaban J connectivity index is 0.000000195. The molecule has 267 valence electrons. The Morgan fingerprint density at radius 3 is 2.30 bits per heavy atom. The fourth-order valence-electron chi connectivity index (χ4n) is 6.00. The summed E-state index contributed by atoms with van der Waals surface area (Å²) in [7, 11) is -1.75. The van der Waals surface area contributed by atoms with Crippen molar-refractivity contribution in [2.75, 3.05) is 0 Å². The van der Waals surface area contributed by atoms with E-state index >= 15 is 0 Å². The first-order chi connectivity index (χ1) is 27.4. The van der Waals surface area contributed by atoms with Gasteiger partial charge in [-0.2, -0.15) is 0 Å². The van der Waals surface area contributed by atoms with E-state index in [1.807, 2.05) is 67.7 Å². The first kappa shape index (κ1) is 30.4. The Labute approximate surface area is 334 Å². The van der Waals surface area contributed by atoms with E-state index in [1.165, 1.54) is 18.2 Å². The molecule has 4 aromatic heterocycles. The maximum Gasteiger partial charge on any atom is 0.141 e. The predicted octanol–water partition coefficient (Wildman–Crippen LogP) is 11.1. The van der Waals surface area contributed by atoms with Crippen LogP contribution in [0.5, 0.6) is 0 Å². The standard InChI is InChI=1S/C23H14FN2O.C23H26NSi.Ir/c24-18-6-7-22-19(13-18)20-12-17(14-26-23(20)27-22)21-11-16(8-9-25-21)10-15-4-2-1-3-5-15;1-17-11-13-20(14-12-17)22-15-21(23(16-24-22)25(3,4)5)18(2)19-9-7-6-8-10-19;/h1-9,11-13H,10H2;6-13,15-16,18H,1-5H3;/q2*-1;/i10D2;1D3,18D;. The number of aromatic nitrogens is 3. The molecule has 0 bridgehead atoms. The predicted molar refractivity (Wildman–Crippen MR) is 213 cm³/mol. The van der Waals surface area contributed by atoms with Crippen LogP contribution in [0.4, 0.5) is 4.39 Å². The summed E-state index contributed by atoms with van der Waals surface area (Å²) in [6, 6.07) is 38.2. The summed E-state index contributed by atoms with van der Waals surface area (Å²) < 4.78 is 68.3. The van der Waals surface area contributed by atoms with Crippen molar-refractivity contribution in [2.24, 2.45) is 0 Å². The van der Waals surface area contributed by atoms with E-state index in [1.54, 1.807) is 54.7 Å².